The van der Waals surface area contributed by atoms with Crippen molar-refractivity contribution in [1.29, 1.82) is 0 Å². The molecule has 0 aromatic heterocycles. The number of hydrogen-bond donors (Lipinski definition) is 2. The summed E-state index contributed by atoms with van der Waals surface area (Å²) in [5.74, 6) is -0.780. The lowest BCUT2D eigenvalue weighted by molar-refractivity contribution is -0.144. The highest BCUT2D eigenvalue weighted by molar-refractivity contribution is 7.98. The minimum Gasteiger partial charge on any atom is -0.543 e. The predicted octanol–water partition coefficient (Wildman–Crippen LogP) is 10.8. The minimum atomic E-state index is -2.46. The van der Waals surface area contributed by atoms with Crippen molar-refractivity contribution < 1.29 is 37.8 Å². The largest absolute Gasteiger partial charge is 0.543 e. The first kappa shape index (κ1) is 47.3. The average Bonchev–Trinajstić information content (AvgIpc) is 3.17. The molecule has 2 N–H and O–H groups in total. The molecule has 59 heavy (non-hydrogen) atoms. The number of esters is 1. The molecule has 0 fully saturated rings. The van der Waals surface area contributed by atoms with Gasteiger partial charge in [-0.1, -0.05) is 133 Å². The fourth-order valence-corrected chi connectivity index (χ4v) is 9.36. The van der Waals surface area contributed by atoms with Crippen LogP contribution in [0.15, 0.2) is 97.1 Å². The summed E-state index contributed by atoms with van der Waals surface area (Å²) in [6, 6.07) is 30.6. The second kappa shape index (κ2) is 19.3. The van der Waals surface area contributed by atoms with Crippen molar-refractivity contribution in [2.45, 2.75) is 109 Å². The van der Waals surface area contributed by atoms with Crippen LogP contribution in [0.2, 0.25) is 36.3 Å². The van der Waals surface area contributed by atoms with E-state index in [-0.39, 0.29) is 46.1 Å². The molecule has 0 saturated heterocycles. The van der Waals surface area contributed by atoms with Gasteiger partial charge in [0, 0.05) is 28.7 Å². The van der Waals surface area contributed by atoms with Gasteiger partial charge in [-0.05, 0) is 59.9 Å². The van der Waals surface area contributed by atoms with Gasteiger partial charge in [-0.3, -0.25) is 4.79 Å². The normalized spacial score (nSPS) is 13.0. The van der Waals surface area contributed by atoms with Crippen LogP contribution in [0.5, 0.6) is 11.5 Å². The molecular formula is C47H63NO8SSi2. The van der Waals surface area contributed by atoms with Gasteiger partial charge in [0.2, 0.25) is 22.5 Å². The molecule has 1 atom stereocenters. The van der Waals surface area contributed by atoms with E-state index in [1.807, 2.05) is 97.1 Å². The van der Waals surface area contributed by atoms with Crippen LogP contribution in [0.25, 0.3) is 0 Å². The van der Waals surface area contributed by atoms with Crippen LogP contribution < -0.4 is 14.2 Å². The number of carbonyl (C=O) groups excluding carboxylic acids is 2. The Labute approximate surface area is 357 Å². The Kier molecular flexibility index (Phi) is 15.5. The number of hydrogen-bond acceptors (Lipinski definition) is 8. The first-order chi connectivity index (χ1) is 27.6. The SMILES string of the molecule is COC(=O)[C@H](CSCc1c(O[Si](C)(C)C(C)(C)C)cc(O[Si](C)(C)C(C)(C)C)c(C)c1C(=O)O)NC(=O)CCOC(c1ccccc1)(c1ccccc1)c1ccccc1. The van der Waals surface area contributed by atoms with Gasteiger partial charge in [-0.25, -0.2) is 9.59 Å². The smallest absolute Gasteiger partial charge is 0.336 e. The Morgan fingerprint density at radius 1 is 0.729 bits per heavy atom. The molecule has 0 heterocycles. The Morgan fingerprint density at radius 2 is 1.17 bits per heavy atom. The average molecular weight is 858 g/mol. The molecule has 0 radical (unpaired) electrons. The fraction of sp³-hybridized carbons (Fsp3) is 0.426. The van der Waals surface area contributed by atoms with Gasteiger partial charge in [-0.2, -0.15) is 11.8 Å². The molecule has 12 heteroatoms. The van der Waals surface area contributed by atoms with Crippen LogP contribution in [0.4, 0.5) is 0 Å². The van der Waals surface area contributed by atoms with Gasteiger partial charge in [0.1, 0.15) is 23.1 Å². The summed E-state index contributed by atoms with van der Waals surface area (Å²) >= 11 is 1.32. The Morgan fingerprint density at radius 3 is 1.58 bits per heavy atom. The van der Waals surface area contributed by atoms with Crippen molar-refractivity contribution in [3.8, 4) is 11.5 Å². The lowest BCUT2D eigenvalue weighted by atomic mass is 9.80. The van der Waals surface area contributed by atoms with E-state index < -0.39 is 40.2 Å². The zero-order valence-corrected chi connectivity index (χ0v) is 39.7. The second-order valence-electron chi connectivity index (χ2n) is 17.9. The topological polar surface area (TPSA) is 120 Å². The highest BCUT2D eigenvalue weighted by atomic mass is 32.2. The number of rotatable bonds is 18. The zero-order chi connectivity index (χ0) is 43.8. The highest BCUT2D eigenvalue weighted by Crippen LogP contribution is 2.45. The maximum atomic E-state index is 13.6. The summed E-state index contributed by atoms with van der Waals surface area (Å²) in [5, 5.41) is 13.3. The predicted molar refractivity (Wildman–Crippen MR) is 244 cm³/mol. The maximum Gasteiger partial charge on any atom is 0.336 e. The molecule has 318 valence electrons. The van der Waals surface area contributed by atoms with Gasteiger partial charge >= 0.3 is 11.9 Å². The highest BCUT2D eigenvalue weighted by Gasteiger charge is 2.43. The van der Waals surface area contributed by atoms with E-state index >= 15 is 0 Å². The van der Waals surface area contributed by atoms with Crippen LogP contribution in [0.3, 0.4) is 0 Å². The number of amides is 1. The van der Waals surface area contributed by atoms with Gasteiger partial charge in [0.25, 0.3) is 0 Å². The third-order valence-corrected chi connectivity index (χ3v) is 21.4. The fourth-order valence-electron chi connectivity index (χ4n) is 6.19. The van der Waals surface area contributed by atoms with Crippen LogP contribution in [0, 0.1) is 6.92 Å². The molecule has 0 bridgehead atoms. The summed E-state index contributed by atoms with van der Waals surface area (Å²) in [5.41, 5.74) is 2.89. The summed E-state index contributed by atoms with van der Waals surface area (Å²) in [6.07, 6.45) is -0.0328. The molecule has 4 rings (SSSR count). The Hall–Kier alpha value is -4.37. The van der Waals surface area contributed by atoms with Crippen molar-refractivity contribution in [3.63, 3.8) is 0 Å². The summed E-state index contributed by atoms with van der Waals surface area (Å²) < 4.78 is 25.5. The number of carbonyl (C=O) groups is 3. The second-order valence-corrected chi connectivity index (χ2v) is 28.4. The van der Waals surface area contributed by atoms with E-state index in [2.05, 4.69) is 73.0 Å². The molecule has 9 nitrogen and oxygen atoms in total. The molecule has 0 saturated carbocycles. The first-order valence-electron chi connectivity index (χ1n) is 20.1. The summed E-state index contributed by atoms with van der Waals surface area (Å²) in [6.45, 7) is 23.1. The van der Waals surface area contributed by atoms with Crippen molar-refractivity contribution >= 4 is 46.2 Å². The standard InChI is InChI=1S/C47H63NO8SSi2/c1-33-39(55-58(9,10)45(2,3)4)30-40(56-59(11,12)46(5,6)7)37(42(33)43(50)51)31-57-32-38(44(52)53-8)48-41(49)28-29-54-47(34-22-16-13-17-23-34,35-24-18-14-19-25-35)36-26-20-15-21-27-36/h13-27,30,38H,28-29,31-32H2,1-12H3,(H,48,49)(H,50,51)/t38-/m0/s1. The molecule has 0 spiro atoms. The van der Waals surface area contributed by atoms with Gasteiger partial charge in [0.15, 0.2) is 0 Å². The van der Waals surface area contributed by atoms with E-state index in [9.17, 15) is 19.5 Å². The monoisotopic (exact) mass is 857 g/mol. The summed E-state index contributed by atoms with van der Waals surface area (Å²) in [4.78, 5) is 39.8. The molecule has 0 aliphatic carbocycles. The number of nitrogens with one attached hydrogen (secondary N) is 1. The molecule has 1 amide bonds. The first-order valence-corrected chi connectivity index (χ1v) is 27.1. The van der Waals surface area contributed by atoms with Gasteiger partial charge in [-0.15, -0.1) is 0 Å². The van der Waals surface area contributed by atoms with E-state index in [0.717, 1.165) is 16.7 Å². The van der Waals surface area contributed by atoms with Crippen molar-refractivity contribution in [2.24, 2.45) is 0 Å². The number of carboxylic acids is 1. The third-order valence-electron chi connectivity index (χ3n) is 11.7. The Bertz CT molecular complexity index is 1950. The molecular weight excluding hydrogens is 795 g/mol. The van der Waals surface area contributed by atoms with Crippen molar-refractivity contribution in [2.75, 3.05) is 19.5 Å². The summed E-state index contributed by atoms with van der Waals surface area (Å²) in [7, 11) is -3.54. The molecule has 0 aliphatic rings. The van der Waals surface area contributed by atoms with Crippen molar-refractivity contribution in [3.05, 3.63) is 130 Å². The van der Waals surface area contributed by atoms with E-state index in [1.54, 1.807) is 6.92 Å². The number of benzene rings is 4. The quantitative estimate of drug-likeness (QED) is 0.0572. The van der Waals surface area contributed by atoms with E-state index in [1.165, 1.54) is 18.9 Å². The Balaban J connectivity index is 1.60. The van der Waals surface area contributed by atoms with Gasteiger partial charge in [0.05, 0.1) is 25.7 Å². The number of ether oxygens (including phenoxy) is 2. The number of aromatic carboxylic acids is 1. The zero-order valence-electron chi connectivity index (χ0n) is 36.9. The minimum absolute atomic E-state index is 0.0328. The van der Waals surface area contributed by atoms with E-state index in [0.29, 0.717) is 22.6 Å². The van der Waals surface area contributed by atoms with E-state index in [4.69, 9.17) is 18.3 Å². The maximum absolute atomic E-state index is 13.6. The van der Waals surface area contributed by atoms with Crippen LogP contribution >= 0.6 is 11.8 Å². The number of thioether (sulfide) groups is 1. The molecule has 0 unspecified atom stereocenters. The lowest BCUT2D eigenvalue weighted by Gasteiger charge is -2.39. The molecule has 0 aliphatic heterocycles. The molecule has 4 aromatic carbocycles. The van der Waals surface area contributed by atoms with Gasteiger partial charge < -0.3 is 28.7 Å². The number of carboxylic acid groups (broad SMARTS) is 1. The lowest BCUT2D eigenvalue weighted by Crippen LogP contribution is -2.45. The molecule has 4 aromatic rings. The van der Waals surface area contributed by atoms with Crippen LogP contribution in [-0.2, 0) is 30.4 Å². The van der Waals surface area contributed by atoms with Crippen LogP contribution in [0.1, 0.15) is 86.1 Å². The third kappa shape index (κ3) is 11.3. The van der Waals surface area contributed by atoms with Crippen LogP contribution in [-0.4, -0.2) is 65.1 Å². The number of methoxy groups -OCH3 is 1. The van der Waals surface area contributed by atoms with Crippen molar-refractivity contribution in [1.82, 2.24) is 5.32 Å².